The van der Waals surface area contributed by atoms with Gasteiger partial charge in [0.2, 0.25) is 0 Å². The standard InChI is InChI=1S/C23H19N3O3S/c1-3-29-13-10-8-12(9-11-13)16-17-19(14-6-4-5-7-15(14)20(17)27)24-21-18(16)22(28)26-23(25-21)30-2/h4-11,16H,3H2,1-2H3,(H2,24,25,26,28)/t16-/m1/s1. The van der Waals surface area contributed by atoms with E-state index in [4.69, 9.17) is 4.74 Å². The molecule has 5 rings (SSSR count). The number of aromatic nitrogens is 2. The minimum Gasteiger partial charge on any atom is -0.494 e. The topological polar surface area (TPSA) is 84.1 Å². The minimum absolute atomic E-state index is 0.0639. The fourth-order valence-corrected chi connectivity index (χ4v) is 4.53. The maximum absolute atomic E-state index is 13.4. The molecule has 0 saturated heterocycles. The Hall–Kier alpha value is -3.32. The summed E-state index contributed by atoms with van der Waals surface area (Å²) in [5.74, 6) is 0.658. The van der Waals surface area contributed by atoms with Gasteiger partial charge in [-0.05, 0) is 30.9 Å². The number of Topliss-reactive ketones (excluding diaryl/α,β-unsaturated/α-hetero) is 1. The molecule has 1 aromatic heterocycles. The van der Waals surface area contributed by atoms with E-state index in [-0.39, 0.29) is 11.3 Å². The van der Waals surface area contributed by atoms with Gasteiger partial charge >= 0.3 is 0 Å². The zero-order valence-corrected chi connectivity index (χ0v) is 17.3. The van der Waals surface area contributed by atoms with E-state index in [1.807, 2.05) is 61.7 Å². The number of allylic oxidation sites excluding steroid dienone is 1. The Morgan fingerprint density at radius 1 is 1.07 bits per heavy atom. The maximum Gasteiger partial charge on any atom is 0.257 e. The number of aromatic amines is 1. The summed E-state index contributed by atoms with van der Waals surface area (Å²) in [5.41, 5.74) is 3.85. The van der Waals surface area contributed by atoms with E-state index in [0.717, 1.165) is 22.6 Å². The predicted octanol–water partition coefficient (Wildman–Crippen LogP) is 4.06. The smallest absolute Gasteiger partial charge is 0.257 e. The number of hydrogen-bond acceptors (Lipinski definition) is 6. The first-order valence-electron chi connectivity index (χ1n) is 9.68. The van der Waals surface area contributed by atoms with Gasteiger partial charge in [-0.2, -0.15) is 0 Å². The second-order valence-corrected chi connectivity index (χ2v) is 7.86. The summed E-state index contributed by atoms with van der Waals surface area (Å²) in [6.45, 7) is 2.50. The molecule has 2 aliphatic rings. The summed E-state index contributed by atoms with van der Waals surface area (Å²) in [4.78, 5) is 33.9. The van der Waals surface area contributed by atoms with Gasteiger partial charge in [-0.25, -0.2) is 4.98 Å². The number of anilines is 1. The van der Waals surface area contributed by atoms with Crippen LogP contribution in [-0.2, 0) is 0 Å². The number of nitrogens with one attached hydrogen (secondary N) is 2. The molecule has 6 nitrogen and oxygen atoms in total. The molecule has 30 heavy (non-hydrogen) atoms. The van der Waals surface area contributed by atoms with Crippen LogP contribution in [0.1, 0.15) is 39.9 Å². The van der Waals surface area contributed by atoms with Gasteiger partial charge in [0.05, 0.1) is 17.9 Å². The fraction of sp³-hybridized carbons (Fsp3) is 0.174. The maximum atomic E-state index is 13.4. The molecule has 1 aliphatic heterocycles. The Bertz CT molecular complexity index is 1260. The monoisotopic (exact) mass is 417 g/mol. The lowest BCUT2D eigenvalue weighted by atomic mass is 9.81. The highest BCUT2D eigenvalue weighted by Crippen LogP contribution is 2.47. The second kappa shape index (κ2) is 7.18. The highest BCUT2D eigenvalue weighted by atomic mass is 32.2. The molecule has 0 amide bonds. The third-order valence-electron chi connectivity index (χ3n) is 5.43. The van der Waals surface area contributed by atoms with Crippen molar-refractivity contribution >= 4 is 29.1 Å². The van der Waals surface area contributed by atoms with Gasteiger partial charge in [-0.15, -0.1) is 0 Å². The van der Waals surface area contributed by atoms with Crippen molar-refractivity contribution in [3.63, 3.8) is 0 Å². The van der Waals surface area contributed by atoms with Gasteiger partial charge in [-0.3, -0.25) is 9.59 Å². The lowest BCUT2D eigenvalue weighted by Crippen LogP contribution is -2.28. The van der Waals surface area contributed by atoms with Crippen LogP contribution < -0.4 is 15.6 Å². The summed E-state index contributed by atoms with van der Waals surface area (Å²) in [6.07, 6.45) is 1.86. The van der Waals surface area contributed by atoms with Crippen molar-refractivity contribution in [2.75, 3.05) is 18.2 Å². The normalized spacial score (nSPS) is 16.6. The first-order chi connectivity index (χ1) is 14.6. The molecule has 0 radical (unpaired) electrons. The molecule has 3 aromatic rings. The van der Waals surface area contributed by atoms with Crippen LogP contribution in [0.25, 0.3) is 5.70 Å². The molecule has 2 heterocycles. The van der Waals surface area contributed by atoms with Gasteiger partial charge in [-0.1, -0.05) is 48.2 Å². The van der Waals surface area contributed by atoms with Crippen molar-refractivity contribution in [3.05, 3.63) is 86.7 Å². The lowest BCUT2D eigenvalue weighted by Gasteiger charge is -2.27. The average molecular weight is 417 g/mol. The fourth-order valence-electron chi connectivity index (χ4n) is 4.15. The average Bonchev–Trinajstić information content (AvgIpc) is 3.05. The quantitative estimate of drug-likeness (QED) is 0.492. The van der Waals surface area contributed by atoms with Crippen LogP contribution in [0.3, 0.4) is 0 Å². The first-order valence-corrected chi connectivity index (χ1v) is 10.9. The van der Waals surface area contributed by atoms with E-state index in [2.05, 4.69) is 15.3 Å². The van der Waals surface area contributed by atoms with Crippen molar-refractivity contribution in [2.45, 2.75) is 18.0 Å². The van der Waals surface area contributed by atoms with E-state index >= 15 is 0 Å². The van der Waals surface area contributed by atoms with Crippen molar-refractivity contribution in [3.8, 4) is 5.75 Å². The number of nitrogens with zero attached hydrogens (tertiary/aromatic N) is 1. The third-order valence-corrected chi connectivity index (χ3v) is 6.01. The highest BCUT2D eigenvalue weighted by Gasteiger charge is 2.42. The Labute approximate surface area is 177 Å². The van der Waals surface area contributed by atoms with E-state index in [0.29, 0.717) is 34.3 Å². The van der Waals surface area contributed by atoms with Gasteiger partial charge in [0.15, 0.2) is 10.9 Å². The molecule has 150 valence electrons. The minimum atomic E-state index is -0.515. The Kier molecular flexibility index (Phi) is 4.47. The molecular weight excluding hydrogens is 398 g/mol. The number of fused-ring (bicyclic) bond motifs is 3. The highest BCUT2D eigenvalue weighted by molar-refractivity contribution is 7.98. The van der Waals surface area contributed by atoms with Crippen molar-refractivity contribution < 1.29 is 9.53 Å². The molecule has 0 unspecified atom stereocenters. The largest absolute Gasteiger partial charge is 0.494 e. The SMILES string of the molecule is CCOc1ccc([C@@H]2C3=C(Nc4nc(SC)[nH]c(=O)c42)c2ccccc2C3=O)cc1. The van der Waals surface area contributed by atoms with Gasteiger partial charge in [0.25, 0.3) is 5.56 Å². The molecule has 1 aliphatic carbocycles. The Morgan fingerprint density at radius 3 is 2.50 bits per heavy atom. The van der Waals surface area contributed by atoms with Crippen LogP contribution >= 0.6 is 11.8 Å². The summed E-state index contributed by atoms with van der Waals surface area (Å²) < 4.78 is 5.56. The molecule has 0 spiro atoms. The van der Waals surface area contributed by atoms with Crippen molar-refractivity contribution in [2.24, 2.45) is 0 Å². The first kappa shape index (κ1) is 18.7. The predicted molar refractivity (Wildman–Crippen MR) is 117 cm³/mol. The van der Waals surface area contributed by atoms with Crippen LogP contribution in [0.2, 0.25) is 0 Å². The number of carbonyl (C=O) groups is 1. The number of thioether (sulfide) groups is 1. The molecule has 2 N–H and O–H groups in total. The van der Waals surface area contributed by atoms with Crippen LogP contribution in [-0.4, -0.2) is 28.6 Å². The summed E-state index contributed by atoms with van der Waals surface area (Å²) >= 11 is 1.37. The van der Waals surface area contributed by atoms with Gasteiger partial charge < -0.3 is 15.0 Å². The number of H-pyrrole nitrogens is 1. The second-order valence-electron chi connectivity index (χ2n) is 7.06. The summed E-state index contributed by atoms with van der Waals surface area (Å²) in [5, 5.41) is 3.81. The van der Waals surface area contributed by atoms with Crippen LogP contribution in [0.5, 0.6) is 5.75 Å². The van der Waals surface area contributed by atoms with E-state index in [9.17, 15) is 9.59 Å². The molecule has 0 saturated carbocycles. The van der Waals surface area contributed by atoms with E-state index < -0.39 is 5.92 Å². The van der Waals surface area contributed by atoms with Crippen LogP contribution in [0.15, 0.2) is 64.1 Å². The Balaban J connectivity index is 1.74. The lowest BCUT2D eigenvalue weighted by molar-refractivity contribution is 0.103. The number of ether oxygens (including phenoxy) is 1. The Morgan fingerprint density at radius 2 is 1.80 bits per heavy atom. The summed E-state index contributed by atoms with van der Waals surface area (Å²) in [7, 11) is 0. The van der Waals surface area contributed by atoms with Gasteiger partial charge in [0.1, 0.15) is 11.6 Å². The van der Waals surface area contributed by atoms with E-state index in [1.54, 1.807) is 0 Å². The molecular formula is C23H19N3O3S. The van der Waals surface area contributed by atoms with Crippen molar-refractivity contribution in [1.82, 2.24) is 9.97 Å². The zero-order chi connectivity index (χ0) is 20.8. The summed E-state index contributed by atoms with van der Waals surface area (Å²) in [6, 6.07) is 15.1. The number of carbonyl (C=O) groups excluding carboxylic acids is 1. The van der Waals surface area contributed by atoms with Crippen molar-refractivity contribution in [1.29, 1.82) is 0 Å². The molecule has 1 atom stereocenters. The van der Waals surface area contributed by atoms with Gasteiger partial charge in [0, 0.05) is 22.6 Å². The van der Waals surface area contributed by atoms with Crippen LogP contribution in [0.4, 0.5) is 5.82 Å². The number of ketones is 1. The third kappa shape index (κ3) is 2.77. The number of benzene rings is 2. The number of rotatable bonds is 4. The molecule has 7 heteroatoms. The zero-order valence-electron chi connectivity index (χ0n) is 16.5. The molecule has 2 aromatic carbocycles. The molecule has 0 bridgehead atoms. The van der Waals surface area contributed by atoms with Crippen LogP contribution in [0, 0.1) is 0 Å². The number of hydrogen-bond donors (Lipinski definition) is 2. The molecule has 0 fully saturated rings. The van der Waals surface area contributed by atoms with E-state index in [1.165, 1.54) is 11.8 Å².